The van der Waals surface area contributed by atoms with Gasteiger partial charge in [0.15, 0.2) is 0 Å². The van der Waals surface area contributed by atoms with E-state index in [9.17, 15) is 4.79 Å². The van der Waals surface area contributed by atoms with Crippen LogP contribution >= 0.6 is 0 Å². The molecule has 21 heavy (non-hydrogen) atoms. The Kier molecular flexibility index (Phi) is 7.26. The third-order valence-corrected chi connectivity index (χ3v) is 3.13. The lowest BCUT2D eigenvalue weighted by atomic mass is 10.1. The molecule has 1 aromatic rings. The molecule has 0 atom stereocenters. The molecule has 0 fully saturated rings. The monoisotopic (exact) mass is 288 g/mol. The van der Waals surface area contributed by atoms with E-state index < -0.39 is 5.97 Å². The molecule has 1 N–H and O–H groups in total. The van der Waals surface area contributed by atoms with E-state index in [0.29, 0.717) is 6.54 Å². The second-order valence-electron chi connectivity index (χ2n) is 5.03. The molecule has 0 aromatic heterocycles. The van der Waals surface area contributed by atoms with Crippen molar-refractivity contribution >= 4 is 11.7 Å². The van der Waals surface area contributed by atoms with Crippen molar-refractivity contribution in [1.29, 1.82) is 0 Å². The van der Waals surface area contributed by atoms with Crippen LogP contribution in [0.1, 0.15) is 12.0 Å². The largest absolute Gasteiger partial charge is 0.481 e. The van der Waals surface area contributed by atoms with Gasteiger partial charge in [0.1, 0.15) is 0 Å². The molecule has 0 aliphatic heterocycles. The summed E-state index contributed by atoms with van der Waals surface area (Å²) in [4.78, 5) is 14.8. The van der Waals surface area contributed by atoms with Crippen molar-refractivity contribution in [1.82, 2.24) is 4.90 Å². The zero-order valence-corrected chi connectivity index (χ0v) is 12.7. The summed E-state index contributed by atoms with van der Waals surface area (Å²) in [6, 6.07) is 8.27. The van der Waals surface area contributed by atoms with Gasteiger partial charge in [-0.15, -0.1) is 13.2 Å². The minimum Gasteiger partial charge on any atom is -0.481 e. The van der Waals surface area contributed by atoms with Crippen molar-refractivity contribution < 1.29 is 9.90 Å². The van der Waals surface area contributed by atoms with Gasteiger partial charge >= 0.3 is 5.97 Å². The molecule has 0 saturated carbocycles. The van der Waals surface area contributed by atoms with Gasteiger partial charge < -0.3 is 14.9 Å². The number of benzene rings is 1. The average molecular weight is 288 g/mol. The number of anilines is 1. The predicted octanol–water partition coefficient (Wildman–Crippen LogP) is 2.77. The van der Waals surface area contributed by atoms with Gasteiger partial charge in [-0.05, 0) is 24.7 Å². The molecule has 1 rings (SSSR count). The molecule has 0 radical (unpaired) electrons. The van der Waals surface area contributed by atoms with Crippen LogP contribution in [0.3, 0.4) is 0 Å². The molecule has 0 amide bonds. The number of carboxylic acid groups (broad SMARTS) is 1. The Hall–Kier alpha value is -2.07. The molecule has 0 bridgehead atoms. The number of aliphatic carboxylic acids is 1. The lowest BCUT2D eigenvalue weighted by molar-refractivity contribution is -0.137. The summed E-state index contributed by atoms with van der Waals surface area (Å²) in [7, 11) is 1.93. The molecule has 1 aromatic carbocycles. The van der Waals surface area contributed by atoms with Gasteiger partial charge in [-0.25, -0.2) is 0 Å². The highest BCUT2D eigenvalue weighted by Crippen LogP contribution is 2.17. The standard InChI is InChI=1S/C17H24N2O2/c1-4-10-19(11-5-2)16-8-6-7-15(13-16)14-18(3)12-9-17(20)21/h4-8,13H,1-2,9-12,14H2,3H3,(H,20,21). The predicted molar refractivity (Wildman–Crippen MR) is 87.6 cm³/mol. The van der Waals surface area contributed by atoms with Crippen molar-refractivity contribution in [2.24, 2.45) is 0 Å². The van der Waals surface area contributed by atoms with Crippen molar-refractivity contribution in [3.63, 3.8) is 0 Å². The Balaban J connectivity index is 2.72. The van der Waals surface area contributed by atoms with Gasteiger partial charge in [-0.3, -0.25) is 4.79 Å². The van der Waals surface area contributed by atoms with Gasteiger partial charge in [0.2, 0.25) is 0 Å². The third kappa shape index (κ3) is 6.27. The number of carbonyl (C=O) groups is 1. The summed E-state index contributed by atoms with van der Waals surface area (Å²) in [6.45, 7) is 10.4. The fourth-order valence-electron chi connectivity index (χ4n) is 2.13. The lowest BCUT2D eigenvalue weighted by Crippen LogP contribution is -2.24. The highest BCUT2D eigenvalue weighted by atomic mass is 16.4. The zero-order chi connectivity index (χ0) is 15.7. The first-order valence-electron chi connectivity index (χ1n) is 7.02. The SMILES string of the molecule is C=CCN(CC=C)c1cccc(CN(C)CCC(=O)O)c1. The first kappa shape index (κ1) is 17.0. The molecule has 4 nitrogen and oxygen atoms in total. The molecular formula is C17H24N2O2. The fraction of sp³-hybridized carbons (Fsp3) is 0.353. The molecule has 0 heterocycles. The molecule has 0 spiro atoms. The Morgan fingerprint density at radius 2 is 1.95 bits per heavy atom. The highest BCUT2D eigenvalue weighted by Gasteiger charge is 2.07. The van der Waals surface area contributed by atoms with Crippen LogP contribution in [0.5, 0.6) is 0 Å². The lowest BCUT2D eigenvalue weighted by Gasteiger charge is -2.23. The van der Waals surface area contributed by atoms with E-state index in [1.165, 1.54) is 5.56 Å². The van der Waals surface area contributed by atoms with E-state index in [0.717, 1.165) is 25.3 Å². The summed E-state index contributed by atoms with van der Waals surface area (Å²) in [5.74, 6) is -0.765. The second kappa shape index (κ2) is 8.97. The number of hydrogen-bond acceptors (Lipinski definition) is 3. The van der Waals surface area contributed by atoms with E-state index in [1.807, 2.05) is 30.2 Å². The number of nitrogens with zero attached hydrogens (tertiary/aromatic N) is 2. The van der Waals surface area contributed by atoms with Crippen LogP contribution in [0.4, 0.5) is 5.69 Å². The second-order valence-corrected chi connectivity index (χ2v) is 5.03. The van der Waals surface area contributed by atoms with E-state index in [4.69, 9.17) is 5.11 Å². The normalized spacial score (nSPS) is 10.4. The third-order valence-electron chi connectivity index (χ3n) is 3.13. The summed E-state index contributed by atoms with van der Waals surface area (Å²) in [5.41, 5.74) is 2.29. The maximum atomic E-state index is 10.6. The van der Waals surface area contributed by atoms with Crippen LogP contribution in [0.15, 0.2) is 49.6 Å². The molecule has 0 aliphatic carbocycles. The molecule has 0 aliphatic rings. The molecule has 0 unspecified atom stereocenters. The number of carboxylic acids is 1. The molecule has 4 heteroatoms. The van der Waals surface area contributed by atoms with E-state index in [-0.39, 0.29) is 6.42 Å². The molecule has 114 valence electrons. The quantitative estimate of drug-likeness (QED) is 0.672. The van der Waals surface area contributed by atoms with Crippen molar-refractivity contribution in [3.8, 4) is 0 Å². The molecule has 0 saturated heterocycles. The first-order chi connectivity index (χ1) is 10.1. The van der Waals surface area contributed by atoms with Crippen molar-refractivity contribution in [3.05, 3.63) is 55.1 Å². The minimum atomic E-state index is -0.765. The van der Waals surface area contributed by atoms with E-state index in [2.05, 4.69) is 36.3 Å². The van der Waals surface area contributed by atoms with E-state index in [1.54, 1.807) is 0 Å². The van der Waals surface area contributed by atoms with Crippen LogP contribution in [-0.4, -0.2) is 42.7 Å². The summed E-state index contributed by atoms with van der Waals surface area (Å²) >= 11 is 0. The number of hydrogen-bond donors (Lipinski definition) is 1. The van der Waals surface area contributed by atoms with Crippen LogP contribution in [0.25, 0.3) is 0 Å². The Labute approximate surface area is 127 Å². The van der Waals surface area contributed by atoms with Gasteiger partial charge in [0.05, 0.1) is 6.42 Å². The Bertz CT molecular complexity index is 475. The van der Waals surface area contributed by atoms with Crippen LogP contribution in [0.2, 0.25) is 0 Å². The minimum absolute atomic E-state index is 0.162. The highest BCUT2D eigenvalue weighted by molar-refractivity contribution is 5.66. The zero-order valence-electron chi connectivity index (χ0n) is 12.7. The Morgan fingerprint density at radius 3 is 2.52 bits per heavy atom. The van der Waals surface area contributed by atoms with Crippen molar-refractivity contribution in [2.75, 3.05) is 31.6 Å². The maximum absolute atomic E-state index is 10.6. The average Bonchev–Trinajstić information content (AvgIpc) is 2.45. The van der Waals surface area contributed by atoms with Crippen LogP contribution in [0, 0.1) is 0 Å². The maximum Gasteiger partial charge on any atom is 0.304 e. The van der Waals surface area contributed by atoms with Gasteiger partial charge in [0.25, 0.3) is 0 Å². The first-order valence-corrected chi connectivity index (χ1v) is 7.02. The van der Waals surface area contributed by atoms with E-state index >= 15 is 0 Å². The topological polar surface area (TPSA) is 43.8 Å². The van der Waals surface area contributed by atoms with Crippen LogP contribution < -0.4 is 4.90 Å². The van der Waals surface area contributed by atoms with Gasteiger partial charge in [-0.2, -0.15) is 0 Å². The molecular weight excluding hydrogens is 264 g/mol. The smallest absolute Gasteiger partial charge is 0.304 e. The Morgan fingerprint density at radius 1 is 1.29 bits per heavy atom. The summed E-state index contributed by atoms with van der Waals surface area (Å²) in [5, 5.41) is 8.71. The van der Waals surface area contributed by atoms with Crippen molar-refractivity contribution in [2.45, 2.75) is 13.0 Å². The van der Waals surface area contributed by atoms with Crippen LogP contribution in [-0.2, 0) is 11.3 Å². The fourth-order valence-corrected chi connectivity index (χ4v) is 2.13. The summed E-state index contributed by atoms with van der Waals surface area (Å²) < 4.78 is 0. The van der Waals surface area contributed by atoms with Gasteiger partial charge in [0, 0.05) is 31.9 Å². The summed E-state index contributed by atoms with van der Waals surface area (Å²) in [6.07, 6.45) is 3.90. The van der Waals surface area contributed by atoms with Gasteiger partial charge in [-0.1, -0.05) is 24.3 Å². The number of rotatable bonds is 10.